The van der Waals surface area contributed by atoms with Crippen LogP contribution in [0.25, 0.3) is 0 Å². The van der Waals surface area contributed by atoms with Gasteiger partial charge in [0, 0.05) is 0 Å². The van der Waals surface area contributed by atoms with Gasteiger partial charge in [0.15, 0.2) is 0 Å². The maximum absolute atomic E-state index is 8.52. The molecule has 0 aromatic rings. The Hall–Kier alpha value is -0.0301. The van der Waals surface area contributed by atoms with E-state index < -0.39 is 14.2 Å². The molecular formula is C7H18B2O4. The lowest BCUT2D eigenvalue weighted by Gasteiger charge is -2.00. The molecule has 0 fully saturated rings. The molecule has 0 unspecified atom stereocenters. The Bertz CT molecular complexity index is 98.7. The predicted molar refractivity (Wildman–Crippen MR) is 53.1 cm³/mol. The summed E-state index contributed by atoms with van der Waals surface area (Å²) in [6.45, 7) is 0. The summed E-state index contributed by atoms with van der Waals surface area (Å²) in [7, 11) is -2.36. The number of unbranched alkanes of at least 4 members (excludes halogenated alkanes) is 4. The van der Waals surface area contributed by atoms with Crippen molar-refractivity contribution >= 4 is 14.2 Å². The molecule has 0 aliphatic carbocycles. The quantitative estimate of drug-likeness (QED) is 0.316. The van der Waals surface area contributed by atoms with Crippen molar-refractivity contribution in [2.45, 2.75) is 44.7 Å². The van der Waals surface area contributed by atoms with Crippen LogP contribution in [0.1, 0.15) is 32.1 Å². The topological polar surface area (TPSA) is 80.9 Å². The van der Waals surface area contributed by atoms with Crippen molar-refractivity contribution in [3.05, 3.63) is 0 Å². The van der Waals surface area contributed by atoms with Gasteiger partial charge in [-0.25, -0.2) is 0 Å². The zero-order valence-corrected chi connectivity index (χ0v) is 7.89. The van der Waals surface area contributed by atoms with Gasteiger partial charge in [-0.15, -0.1) is 0 Å². The Kier molecular flexibility index (Phi) is 8.54. The highest BCUT2D eigenvalue weighted by molar-refractivity contribution is 6.41. The van der Waals surface area contributed by atoms with E-state index in [0.29, 0.717) is 12.6 Å². The van der Waals surface area contributed by atoms with Crippen LogP contribution in [0.4, 0.5) is 0 Å². The molecule has 0 rings (SSSR count). The van der Waals surface area contributed by atoms with Gasteiger partial charge in [0.2, 0.25) is 0 Å². The first-order valence-corrected chi connectivity index (χ1v) is 4.85. The van der Waals surface area contributed by atoms with E-state index in [2.05, 4.69) is 0 Å². The van der Waals surface area contributed by atoms with Gasteiger partial charge >= 0.3 is 14.2 Å². The van der Waals surface area contributed by atoms with Gasteiger partial charge in [0.1, 0.15) is 0 Å². The summed E-state index contributed by atoms with van der Waals surface area (Å²) in [5.41, 5.74) is 0. The number of hydrogen-bond donors (Lipinski definition) is 4. The van der Waals surface area contributed by atoms with Crippen LogP contribution in [0.5, 0.6) is 0 Å². The molecule has 4 N–H and O–H groups in total. The highest BCUT2D eigenvalue weighted by Crippen LogP contribution is 2.08. The molecular weight excluding hydrogens is 170 g/mol. The highest BCUT2D eigenvalue weighted by atomic mass is 16.4. The van der Waals surface area contributed by atoms with E-state index in [0.717, 1.165) is 32.1 Å². The van der Waals surface area contributed by atoms with Crippen molar-refractivity contribution < 1.29 is 20.1 Å². The van der Waals surface area contributed by atoms with E-state index in [1.807, 2.05) is 0 Å². The second-order valence-corrected chi connectivity index (χ2v) is 3.31. The standard InChI is InChI=1S/C7H18B2O4/c10-8(11)6-4-2-1-3-5-7-9(12)13/h10-13H,1-7H2. The van der Waals surface area contributed by atoms with Crippen molar-refractivity contribution in [3.63, 3.8) is 0 Å². The first-order chi connectivity index (χ1) is 6.13. The molecule has 0 heterocycles. The van der Waals surface area contributed by atoms with E-state index in [1.165, 1.54) is 0 Å². The predicted octanol–water partition coefficient (Wildman–Crippen LogP) is -0.118. The lowest BCUT2D eigenvalue weighted by molar-refractivity contribution is 0.399. The Morgan fingerprint density at radius 1 is 0.538 bits per heavy atom. The molecule has 13 heavy (non-hydrogen) atoms. The summed E-state index contributed by atoms with van der Waals surface area (Å²) >= 11 is 0. The summed E-state index contributed by atoms with van der Waals surface area (Å²) in [6, 6.07) is 0. The Labute approximate surface area is 79.9 Å². The molecule has 0 spiro atoms. The van der Waals surface area contributed by atoms with Crippen LogP contribution in [0.2, 0.25) is 12.6 Å². The molecule has 0 saturated heterocycles. The third-order valence-corrected chi connectivity index (χ3v) is 1.92. The molecule has 0 atom stereocenters. The Morgan fingerprint density at radius 3 is 1.15 bits per heavy atom. The molecule has 0 saturated carbocycles. The SMILES string of the molecule is OB(O)CCCCCCCB(O)O. The van der Waals surface area contributed by atoms with Crippen LogP contribution in [0.3, 0.4) is 0 Å². The molecule has 0 radical (unpaired) electrons. The third-order valence-electron chi connectivity index (χ3n) is 1.92. The van der Waals surface area contributed by atoms with Crippen molar-refractivity contribution in [1.29, 1.82) is 0 Å². The lowest BCUT2D eigenvalue weighted by atomic mass is 9.82. The van der Waals surface area contributed by atoms with Crippen LogP contribution in [-0.2, 0) is 0 Å². The van der Waals surface area contributed by atoms with Crippen molar-refractivity contribution in [2.75, 3.05) is 0 Å². The zero-order chi connectivity index (χ0) is 10.1. The highest BCUT2D eigenvalue weighted by Gasteiger charge is 2.06. The monoisotopic (exact) mass is 188 g/mol. The van der Waals surface area contributed by atoms with Crippen molar-refractivity contribution in [2.24, 2.45) is 0 Å². The summed E-state index contributed by atoms with van der Waals surface area (Å²) in [5.74, 6) is 0. The van der Waals surface area contributed by atoms with Crippen molar-refractivity contribution in [3.8, 4) is 0 Å². The summed E-state index contributed by atoms with van der Waals surface area (Å²) in [6.07, 6.45) is 5.46. The van der Waals surface area contributed by atoms with Gasteiger partial charge in [-0.2, -0.15) is 0 Å². The van der Waals surface area contributed by atoms with Gasteiger partial charge in [0.05, 0.1) is 0 Å². The second kappa shape index (κ2) is 8.56. The van der Waals surface area contributed by atoms with E-state index in [-0.39, 0.29) is 0 Å². The second-order valence-electron chi connectivity index (χ2n) is 3.31. The van der Waals surface area contributed by atoms with E-state index >= 15 is 0 Å². The van der Waals surface area contributed by atoms with Gasteiger partial charge in [-0.1, -0.05) is 32.1 Å². The summed E-state index contributed by atoms with van der Waals surface area (Å²) in [4.78, 5) is 0. The van der Waals surface area contributed by atoms with E-state index in [1.54, 1.807) is 0 Å². The fourth-order valence-corrected chi connectivity index (χ4v) is 1.18. The lowest BCUT2D eigenvalue weighted by Crippen LogP contribution is -2.10. The van der Waals surface area contributed by atoms with Crippen LogP contribution in [0.15, 0.2) is 0 Å². The van der Waals surface area contributed by atoms with Gasteiger partial charge in [-0.3, -0.25) is 0 Å². The number of rotatable bonds is 8. The van der Waals surface area contributed by atoms with Crippen LogP contribution in [0, 0.1) is 0 Å². The maximum Gasteiger partial charge on any atom is 0.451 e. The van der Waals surface area contributed by atoms with Crippen LogP contribution < -0.4 is 0 Å². The molecule has 0 aromatic heterocycles. The van der Waals surface area contributed by atoms with Crippen molar-refractivity contribution in [1.82, 2.24) is 0 Å². The van der Waals surface area contributed by atoms with Crippen LogP contribution in [-0.4, -0.2) is 34.3 Å². The molecule has 0 aliphatic rings. The van der Waals surface area contributed by atoms with Gasteiger partial charge in [-0.05, 0) is 12.6 Å². The zero-order valence-electron chi connectivity index (χ0n) is 7.89. The first-order valence-electron chi connectivity index (χ1n) is 4.85. The fourth-order valence-electron chi connectivity index (χ4n) is 1.18. The Morgan fingerprint density at radius 2 is 0.846 bits per heavy atom. The fraction of sp³-hybridized carbons (Fsp3) is 1.00. The molecule has 76 valence electrons. The van der Waals surface area contributed by atoms with Gasteiger partial charge in [0.25, 0.3) is 0 Å². The molecule has 6 heteroatoms. The average Bonchev–Trinajstić information content (AvgIpc) is 2.01. The Balaban J connectivity index is 2.92. The molecule has 4 nitrogen and oxygen atoms in total. The first kappa shape index (κ1) is 13.0. The normalized spacial score (nSPS) is 10.2. The molecule has 0 bridgehead atoms. The number of hydrogen-bond acceptors (Lipinski definition) is 4. The minimum absolute atomic E-state index is 0.433. The molecule has 0 aliphatic heterocycles. The summed E-state index contributed by atoms with van der Waals surface area (Å²) in [5, 5.41) is 34.1. The third kappa shape index (κ3) is 12.0. The maximum atomic E-state index is 8.52. The van der Waals surface area contributed by atoms with E-state index in [4.69, 9.17) is 20.1 Å². The van der Waals surface area contributed by atoms with Crippen LogP contribution >= 0.6 is 0 Å². The minimum atomic E-state index is -1.18. The van der Waals surface area contributed by atoms with E-state index in [9.17, 15) is 0 Å². The average molecular weight is 188 g/mol. The summed E-state index contributed by atoms with van der Waals surface area (Å²) < 4.78 is 0. The molecule has 0 aromatic carbocycles. The molecule has 0 amide bonds. The largest absolute Gasteiger partial charge is 0.451 e. The smallest absolute Gasteiger partial charge is 0.427 e. The minimum Gasteiger partial charge on any atom is -0.427 e. The van der Waals surface area contributed by atoms with Gasteiger partial charge < -0.3 is 20.1 Å².